The lowest BCUT2D eigenvalue weighted by Crippen LogP contribution is -2.32. The van der Waals surface area contributed by atoms with E-state index in [0.717, 1.165) is 17.0 Å². The molecular weight excluding hydrogens is 393 g/mol. The van der Waals surface area contributed by atoms with Gasteiger partial charge in [-0.25, -0.2) is 4.98 Å². The Hall–Kier alpha value is -2.01. The van der Waals surface area contributed by atoms with Crippen molar-refractivity contribution in [3.8, 4) is 0 Å². The largest absolute Gasteiger partial charge is 0.342 e. The van der Waals surface area contributed by atoms with Crippen LogP contribution in [0.3, 0.4) is 0 Å². The summed E-state index contributed by atoms with van der Waals surface area (Å²) in [6.07, 6.45) is 3.72. The molecule has 0 saturated carbocycles. The predicted octanol–water partition coefficient (Wildman–Crippen LogP) is 4.83. The van der Waals surface area contributed by atoms with Crippen molar-refractivity contribution in [2.75, 3.05) is 0 Å². The number of hydrogen-bond donors (Lipinski definition) is 1. The second-order valence-electron chi connectivity index (χ2n) is 5.87. The van der Waals surface area contributed by atoms with Crippen molar-refractivity contribution in [2.24, 2.45) is 7.05 Å². The van der Waals surface area contributed by atoms with Crippen molar-refractivity contribution >= 4 is 40.7 Å². The minimum Gasteiger partial charge on any atom is -0.342 e. The second kappa shape index (κ2) is 8.12. The smallest absolute Gasteiger partial charge is 0.225 e. The summed E-state index contributed by atoms with van der Waals surface area (Å²) in [6.45, 7) is 0. The third-order valence-corrected chi connectivity index (χ3v) is 4.97. The molecule has 1 amide bonds. The summed E-state index contributed by atoms with van der Waals surface area (Å²) in [7, 11) is 1.89. The molecule has 134 valence electrons. The molecule has 2 aromatic carbocycles. The van der Waals surface area contributed by atoms with Gasteiger partial charge in [-0.3, -0.25) is 4.79 Å². The number of halogens is 3. The Morgan fingerprint density at radius 3 is 2.46 bits per heavy atom. The van der Waals surface area contributed by atoms with Gasteiger partial charge in [-0.2, -0.15) is 0 Å². The van der Waals surface area contributed by atoms with Crippen molar-refractivity contribution in [1.82, 2.24) is 14.9 Å². The number of aryl methyl sites for hydroxylation is 1. The number of amides is 1. The molecule has 0 radical (unpaired) electrons. The van der Waals surface area contributed by atoms with E-state index >= 15 is 0 Å². The Kier molecular flexibility index (Phi) is 5.87. The molecule has 1 unspecified atom stereocenters. The Morgan fingerprint density at radius 1 is 1.12 bits per heavy atom. The molecule has 0 fully saturated rings. The molecule has 0 aliphatic heterocycles. The van der Waals surface area contributed by atoms with Crippen molar-refractivity contribution in [2.45, 2.75) is 12.5 Å². The highest BCUT2D eigenvalue weighted by molar-refractivity contribution is 6.42. The molecule has 0 bridgehead atoms. The standard InChI is InChI=1S/C19H16Cl3N3O/c1-25-9-8-23-19(25)18(13-3-5-14(20)6-4-13)24-17(26)11-12-2-7-15(21)16(22)10-12/h2-10,18H,11H2,1H3,(H,24,26). The molecule has 7 heteroatoms. The lowest BCUT2D eigenvalue weighted by molar-refractivity contribution is -0.121. The summed E-state index contributed by atoms with van der Waals surface area (Å²) in [4.78, 5) is 17.0. The predicted molar refractivity (Wildman–Crippen MR) is 105 cm³/mol. The fourth-order valence-corrected chi connectivity index (χ4v) is 3.10. The maximum Gasteiger partial charge on any atom is 0.225 e. The van der Waals surface area contributed by atoms with E-state index in [0.29, 0.717) is 15.1 Å². The van der Waals surface area contributed by atoms with Gasteiger partial charge in [0.2, 0.25) is 5.91 Å². The fourth-order valence-electron chi connectivity index (χ4n) is 2.65. The first-order valence-electron chi connectivity index (χ1n) is 7.90. The number of benzene rings is 2. The van der Waals surface area contributed by atoms with Crippen LogP contribution in [-0.2, 0) is 18.3 Å². The first-order valence-corrected chi connectivity index (χ1v) is 9.03. The molecule has 26 heavy (non-hydrogen) atoms. The lowest BCUT2D eigenvalue weighted by Gasteiger charge is -2.19. The average molecular weight is 409 g/mol. The Bertz CT molecular complexity index is 922. The first-order chi connectivity index (χ1) is 12.4. The number of nitrogens with zero attached hydrogens (tertiary/aromatic N) is 2. The van der Waals surface area contributed by atoms with Gasteiger partial charge >= 0.3 is 0 Å². The summed E-state index contributed by atoms with van der Waals surface area (Å²) in [6, 6.07) is 12.1. The van der Waals surface area contributed by atoms with E-state index in [1.807, 2.05) is 29.9 Å². The van der Waals surface area contributed by atoms with Gasteiger partial charge in [0, 0.05) is 24.5 Å². The lowest BCUT2D eigenvalue weighted by atomic mass is 10.1. The van der Waals surface area contributed by atoms with Gasteiger partial charge in [0.1, 0.15) is 11.9 Å². The monoisotopic (exact) mass is 407 g/mol. The molecule has 1 heterocycles. The van der Waals surface area contributed by atoms with Crippen LogP contribution < -0.4 is 5.32 Å². The molecule has 4 nitrogen and oxygen atoms in total. The van der Waals surface area contributed by atoms with Crippen LogP contribution in [0.4, 0.5) is 0 Å². The molecule has 0 spiro atoms. The van der Waals surface area contributed by atoms with Crippen LogP contribution in [0, 0.1) is 0 Å². The average Bonchev–Trinajstić information content (AvgIpc) is 3.03. The van der Waals surface area contributed by atoms with Gasteiger partial charge in [-0.15, -0.1) is 0 Å². The van der Waals surface area contributed by atoms with E-state index in [1.165, 1.54) is 0 Å². The zero-order valence-electron chi connectivity index (χ0n) is 13.9. The SMILES string of the molecule is Cn1ccnc1C(NC(=O)Cc1ccc(Cl)c(Cl)c1)c1ccc(Cl)cc1. The number of carbonyl (C=O) groups excluding carboxylic acids is 1. The van der Waals surface area contributed by atoms with E-state index in [-0.39, 0.29) is 18.4 Å². The Morgan fingerprint density at radius 2 is 1.85 bits per heavy atom. The number of nitrogens with one attached hydrogen (secondary N) is 1. The van der Waals surface area contributed by atoms with Gasteiger partial charge in [0.25, 0.3) is 0 Å². The minimum absolute atomic E-state index is 0.147. The van der Waals surface area contributed by atoms with E-state index in [2.05, 4.69) is 10.3 Å². The molecule has 3 rings (SSSR count). The van der Waals surface area contributed by atoms with Crippen molar-refractivity contribution in [1.29, 1.82) is 0 Å². The number of hydrogen-bond acceptors (Lipinski definition) is 2. The van der Waals surface area contributed by atoms with Crippen molar-refractivity contribution < 1.29 is 4.79 Å². The normalized spacial score (nSPS) is 12.0. The Labute approximate surface area is 166 Å². The zero-order chi connectivity index (χ0) is 18.7. The summed E-state index contributed by atoms with van der Waals surface area (Å²) in [5.41, 5.74) is 1.68. The van der Waals surface area contributed by atoms with Gasteiger partial charge < -0.3 is 9.88 Å². The maximum absolute atomic E-state index is 12.6. The second-order valence-corrected chi connectivity index (χ2v) is 7.12. The quantitative estimate of drug-likeness (QED) is 0.657. The van der Waals surface area contributed by atoms with Gasteiger partial charge in [-0.1, -0.05) is 53.0 Å². The molecular formula is C19H16Cl3N3O. The van der Waals surface area contributed by atoms with Crippen LogP contribution in [0.2, 0.25) is 15.1 Å². The third-order valence-electron chi connectivity index (χ3n) is 3.97. The van der Waals surface area contributed by atoms with E-state index < -0.39 is 0 Å². The number of rotatable bonds is 5. The van der Waals surface area contributed by atoms with Gasteiger partial charge in [0.15, 0.2) is 0 Å². The molecule has 0 aliphatic carbocycles. The molecule has 1 N–H and O–H groups in total. The number of carbonyl (C=O) groups is 1. The van der Waals surface area contributed by atoms with Crippen molar-refractivity contribution in [3.63, 3.8) is 0 Å². The highest BCUT2D eigenvalue weighted by Gasteiger charge is 2.21. The first kappa shape index (κ1) is 18.8. The van der Waals surface area contributed by atoms with Crippen LogP contribution in [0.1, 0.15) is 23.0 Å². The topological polar surface area (TPSA) is 46.9 Å². The van der Waals surface area contributed by atoms with Crippen LogP contribution in [0.15, 0.2) is 54.9 Å². The summed E-state index contributed by atoms with van der Waals surface area (Å²) in [5.74, 6) is 0.584. The maximum atomic E-state index is 12.6. The molecule has 0 aliphatic rings. The molecule has 1 aromatic heterocycles. The minimum atomic E-state index is -0.387. The summed E-state index contributed by atoms with van der Waals surface area (Å²) >= 11 is 17.9. The molecule has 1 atom stereocenters. The Balaban J connectivity index is 1.83. The highest BCUT2D eigenvalue weighted by Crippen LogP contribution is 2.24. The molecule has 0 saturated heterocycles. The van der Waals surface area contributed by atoms with E-state index in [9.17, 15) is 4.79 Å². The third kappa shape index (κ3) is 4.39. The zero-order valence-corrected chi connectivity index (χ0v) is 16.2. The summed E-state index contributed by atoms with van der Waals surface area (Å²) < 4.78 is 1.87. The van der Waals surface area contributed by atoms with Crippen LogP contribution in [-0.4, -0.2) is 15.5 Å². The van der Waals surface area contributed by atoms with E-state index in [1.54, 1.807) is 36.5 Å². The van der Waals surface area contributed by atoms with Crippen molar-refractivity contribution in [3.05, 3.63) is 86.9 Å². The van der Waals surface area contributed by atoms with Gasteiger partial charge in [0.05, 0.1) is 16.5 Å². The highest BCUT2D eigenvalue weighted by atomic mass is 35.5. The summed E-state index contributed by atoms with van der Waals surface area (Å²) in [5, 5.41) is 4.56. The van der Waals surface area contributed by atoms with Crippen LogP contribution in [0.5, 0.6) is 0 Å². The molecule has 3 aromatic rings. The van der Waals surface area contributed by atoms with Crippen LogP contribution in [0.25, 0.3) is 0 Å². The van der Waals surface area contributed by atoms with E-state index in [4.69, 9.17) is 34.8 Å². The fraction of sp³-hybridized carbons (Fsp3) is 0.158. The van der Waals surface area contributed by atoms with Gasteiger partial charge in [-0.05, 0) is 35.4 Å². The number of imidazole rings is 1. The number of aromatic nitrogens is 2. The van der Waals surface area contributed by atoms with Crippen LogP contribution >= 0.6 is 34.8 Å².